The molecule has 0 atom stereocenters. The van der Waals surface area contributed by atoms with Crippen molar-refractivity contribution >= 4 is 16.0 Å². The van der Waals surface area contributed by atoms with Crippen LogP contribution in [0.25, 0.3) is 0 Å². The van der Waals surface area contributed by atoms with E-state index in [1.807, 2.05) is 0 Å². The summed E-state index contributed by atoms with van der Waals surface area (Å²) in [7, 11) is -3.57. The van der Waals surface area contributed by atoms with Gasteiger partial charge in [-0.05, 0) is 0 Å². The number of nitrogens with zero attached hydrogens (tertiary/aromatic N) is 2. The number of fused-ring (bicyclic) bond motifs is 1. The van der Waals surface area contributed by atoms with Crippen LogP contribution in [0.5, 0.6) is 0 Å². The average Bonchev–Trinajstić information content (AvgIpc) is 2.48. The molecule has 0 radical (unpaired) electrons. The van der Waals surface area contributed by atoms with Crippen molar-refractivity contribution in [1.29, 1.82) is 0 Å². The quantitative estimate of drug-likeness (QED) is 0.620. The first-order valence-corrected chi connectivity index (χ1v) is 5.30. The van der Waals surface area contributed by atoms with Gasteiger partial charge in [0, 0.05) is 12.6 Å². The van der Waals surface area contributed by atoms with E-state index in [-0.39, 0.29) is 17.3 Å². The number of hydrogen-bond donors (Lipinski definition) is 2. The van der Waals surface area contributed by atoms with Crippen LogP contribution in [-0.4, -0.2) is 35.8 Å². The first kappa shape index (κ1) is 9.16. The molecule has 0 aromatic carbocycles. The van der Waals surface area contributed by atoms with Gasteiger partial charge in [-0.3, -0.25) is 4.68 Å². The predicted octanol–water partition coefficient (Wildman–Crippen LogP) is -1.13. The maximum absolute atomic E-state index is 11.3. The maximum Gasteiger partial charge on any atom is 0.356 e. The molecular weight excluding hydrogens is 210 g/mol. The molecule has 2 rings (SSSR count). The number of carboxylic acid groups (broad SMARTS) is 1. The normalized spacial score (nSPS) is 18.9. The summed E-state index contributed by atoms with van der Waals surface area (Å²) in [6.45, 7) is 0.581. The fraction of sp³-hybridized carbons (Fsp3) is 0.333. The van der Waals surface area contributed by atoms with Crippen LogP contribution in [0, 0.1) is 0 Å². The summed E-state index contributed by atoms with van der Waals surface area (Å²) in [6.07, 6.45) is 0. The van der Waals surface area contributed by atoms with Gasteiger partial charge in [0.1, 0.15) is 0 Å². The van der Waals surface area contributed by atoms with E-state index < -0.39 is 16.0 Å². The minimum atomic E-state index is -3.57. The molecule has 76 valence electrons. The van der Waals surface area contributed by atoms with Crippen LogP contribution in [0.15, 0.2) is 11.1 Å². The Balaban J connectivity index is 2.60. The zero-order valence-corrected chi connectivity index (χ0v) is 7.78. The van der Waals surface area contributed by atoms with Crippen molar-refractivity contribution < 1.29 is 18.3 Å². The molecule has 0 unspecified atom stereocenters. The van der Waals surface area contributed by atoms with Gasteiger partial charge < -0.3 is 5.11 Å². The lowest BCUT2D eigenvalue weighted by molar-refractivity contribution is 0.0689. The van der Waals surface area contributed by atoms with Gasteiger partial charge in [-0.2, -0.15) is 5.10 Å². The van der Waals surface area contributed by atoms with Crippen LogP contribution in [-0.2, 0) is 16.6 Å². The van der Waals surface area contributed by atoms with Gasteiger partial charge in [-0.25, -0.2) is 17.9 Å². The van der Waals surface area contributed by atoms with E-state index in [2.05, 4.69) is 9.82 Å². The van der Waals surface area contributed by atoms with Crippen molar-refractivity contribution in [2.45, 2.75) is 11.6 Å². The Morgan fingerprint density at radius 2 is 2.36 bits per heavy atom. The molecule has 8 heteroatoms. The molecular formula is C6H7N3O4S. The first-order chi connectivity index (χ1) is 6.50. The summed E-state index contributed by atoms with van der Waals surface area (Å²) in [5.41, 5.74) is -0.257. The van der Waals surface area contributed by atoms with E-state index in [4.69, 9.17) is 5.11 Å². The number of hydrogen-bond acceptors (Lipinski definition) is 4. The molecule has 0 fully saturated rings. The number of sulfonamides is 1. The standard InChI is InChI=1S/C6H7N3O4S/c10-6(11)4-3-5-9(8-4)2-1-7-14(5,12)13/h3,7H,1-2H2,(H,10,11). The highest BCUT2D eigenvalue weighted by molar-refractivity contribution is 7.89. The monoisotopic (exact) mass is 217 g/mol. The van der Waals surface area contributed by atoms with Gasteiger partial charge in [0.25, 0.3) is 10.0 Å². The van der Waals surface area contributed by atoms with Crippen molar-refractivity contribution in [3.8, 4) is 0 Å². The van der Waals surface area contributed by atoms with Crippen LogP contribution in [0.2, 0.25) is 0 Å². The summed E-state index contributed by atoms with van der Waals surface area (Å²) < 4.78 is 26.1. The molecule has 14 heavy (non-hydrogen) atoms. The third-order valence-electron chi connectivity index (χ3n) is 1.85. The molecule has 0 aliphatic carbocycles. The second kappa shape index (κ2) is 2.79. The summed E-state index contributed by atoms with van der Waals surface area (Å²) >= 11 is 0. The second-order valence-electron chi connectivity index (χ2n) is 2.79. The number of rotatable bonds is 1. The van der Waals surface area contributed by atoms with Crippen LogP contribution in [0.4, 0.5) is 0 Å². The molecule has 1 aromatic rings. The maximum atomic E-state index is 11.3. The fourth-order valence-corrected chi connectivity index (χ4v) is 2.42. The van der Waals surface area contributed by atoms with Crippen molar-refractivity contribution in [2.75, 3.05) is 6.54 Å². The van der Waals surface area contributed by atoms with Crippen LogP contribution < -0.4 is 4.72 Å². The fourth-order valence-electron chi connectivity index (χ4n) is 1.24. The van der Waals surface area contributed by atoms with E-state index in [9.17, 15) is 13.2 Å². The Labute approximate surface area is 79.4 Å². The summed E-state index contributed by atoms with van der Waals surface area (Å²) in [6, 6.07) is 1.05. The highest BCUT2D eigenvalue weighted by atomic mass is 32.2. The molecule has 0 bridgehead atoms. The van der Waals surface area contributed by atoms with Gasteiger partial charge in [0.2, 0.25) is 0 Å². The highest BCUT2D eigenvalue weighted by Gasteiger charge is 2.26. The molecule has 0 saturated heterocycles. The van der Waals surface area contributed by atoms with Gasteiger partial charge in [0.15, 0.2) is 10.7 Å². The lowest BCUT2D eigenvalue weighted by atomic mass is 10.4. The van der Waals surface area contributed by atoms with Crippen molar-refractivity contribution in [3.05, 3.63) is 11.8 Å². The first-order valence-electron chi connectivity index (χ1n) is 3.81. The molecule has 0 spiro atoms. The number of aromatic nitrogens is 2. The third-order valence-corrected chi connectivity index (χ3v) is 3.32. The van der Waals surface area contributed by atoms with E-state index in [1.165, 1.54) is 4.68 Å². The molecule has 1 aliphatic rings. The Bertz CT molecular complexity index is 489. The van der Waals surface area contributed by atoms with Crippen molar-refractivity contribution in [3.63, 3.8) is 0 Å². The van der Waals surface area contributed by atoms with E-state index in [0.717, 1.165) is 6.07 Å². The minimum absolute atomic E-state index is 0.0962. The second-order valence-corrected chi connectivity index (χ2v) is 4.51. The Kier molecular flexibility index (Phi) is 1.82. The molecule has 2 heterocycles. The number of carboxylic acids is 1. The van der Waals surface area contributed by atoms with Gasteiger partial charge in [0.05, 0.1) is 6.54 Å². The Morgan fingerprint density at radius 3 is 2.93 bits per heavy atom. The number of aromatic carboxylic acids is 1. The molecule has 7 nitrogen and oxygen atoms in total. The predicted molar refractivity (Wildman–Crippen MR) is 44.4 cm³/mol. The van der Waals surface area contributed by atoms with E-state index in [1.54, 1.807) is 0 Å². The third kappa shape index (κ3) is 1.28. The zero-order valence-electron chi connectivity index (χ0n) is 6.97. The van der Waals surface area contributed by atoms with Crippen LogP contribution >= 0.6 is 0 Å². The van der Waals surface area contributed by atoms with Crippen LogP contribution in [0.1, 0.15) is 10.5 Å². The summed E-state index contributed by atoms with van der Waals surface area (Å²) in [4.78, 5) is 10.5. The molecule has 2 N–H and O–H groups in total. The average molecular weight is 217 g/mol. The Morgan fingerprint density at radius 1 is 1.64 bits per heavy atom. The van der Waals surface area contributed by atoms with Crippen molar-refractivity contribution in [1.82, 2.24) is 14.5 Å². The topological polar surface area (TPSA) is 101 Å². The van der Waals surface area contributed by atoms with Gasteiger partial charge in [-0.1, -0.05) is 0 Å². The Hall–Kier alpha value is -1.41. The molecule has 0 amide bonds. The largest absolute Gasteiger partial charge is 0.476 e. The lowest BCUT2D eigenvalue weighted by Gasteiger charge is -2.14. The summed E-state index contributed by atoms with van der Waals surface area (Å²) in [5, 5.41) is 12.2. The molecule has 0 saturated carbocycles. The zero-order chi connectivity index (χ0) is 10.3. The van der Waals surface area contributed by atoms with Crippen LogP contribution in [0.3, 0.4) is 0 Å². The van der Waals surface area contributed by atoms with E-state index in [0.29, 0.717) is 6.54 Å². The minimum Gasteiger partial charge on any atom is -0.476 e. The number of nitrogens with one attached hydrogen (secondary N) is 1. The van der Waals surface area contributed by atoms with Gasteiger partial charge >= 0.3 is 5.97 Å². The smallest absolute Gasteiger partial charge is 0.356 e. The number of carbonyl (C=O) groups is 1. The van der Waals surface area contributed by atoms with Crippen molar-refractivity contribution in [2.24, 2.45) is 0 Å². The highest BCUT2D eigenvalue weighted by Crippen LogP contribution is 2.14. The lowest BCUT2D eigenvalue weighted by Crippen LogP contribution is -2.35. The molecule has 1 aromatic heterocycles. The van der Waals surface area contributed by atoms with E-state index >= 15 is 0 Å². The SMILES string of the molecule is O=C(O)c1cc2n(n1)CCNS2(=O)=O. The van der Waals surface area contributed by atoms with Gasteiger partial charge in [-0.15, -0.1) is 0 Å². The molecule has 1 aliphatic heterocycles. The summed E-state index contributed by atoms with van der Waals surface area (Å²) in [5.74, 6) is -1.23.